The molecule has 75 heavy (non-hydrogen) atoms. The zero-order chi connectivity index (χ0) is 53.0. The van der Waals surface area contributed by atoms with Gasteiger partial charge in [-0.3, -0.25) is 0 Å². The van der Waals surface area contributed by atoms with Gasteiger partial charge in [0.25, 0.3) is 0 Å². The first-order valence-corrected chi connectivity index (χ1v) is 31.8. The van der Waals surface area contributed by atoms with Crippen LogP contribution in [0, 0.1) is 92.7 Å². The average Bonchev–Trinajstić information content (AvgIpc) is 3.45. The van der Waals surface area contributed by atoms with Crippen molar-refractivity contribution in [3.63, 3.8) is 0 Å². The summed E-state index contributed by atoms with van der Waals surface area (Å²) in [7, 11) is 0. The van der Waals surface area contributed by atoms with Crippen molar-refractivity contribution in [2.24, 2.45) is 47.3 Å². The Morgan fingerprint density at radius 3 is 1.05 bits per heavy atom. The molecule has 0 aliphatic heterocycles. The molecule has 4 saturated carbocycles. The average molecular weight is 1020 g/mol. The SMILES string of the molecule is CCCCCCC[C@H]1CC[C@H]([C@H]2CC[C@H](C(=CCOCC=C(c3ccc(CCCCC)c(C#N)c3C#N)[C@H]3CC[C@H]([C@H]4CC[C@H](CCCCCCC)CC4)CC3)c3ccc(CCCCC)c(C#N)c3C#N)CC2)CC1. The van der Waals surface area contributed by atoms with Gasteiger partial charge in [0.2, 0.25) is 0 Å². The molecule has 0 N–H and O–H groups in total. The van der Waals surface area contributed by atoms with E-state index in [4.69, 9.17) is 4.74 Å². The Labute approximate surface area is 459 Å². The number of benzene rings is 2. The van der Waals surface area contributed by atoms with Crippen LogP contribution in [0.3, 0.4) is 0 Å². The molecule has 4 aliphatic carbocycles. The van der Waals surface area contributed by atoms with Gasteiger partial charge in [0.15, 0.2) is 0 Å². The standard InChI is InChI=1S/C70H102N4O/c1-5-9-13-15-19-21-53-25-29-55(30-26-53)57-33-37-61(38-34-57)63(65-43-41-59(23-17-11-7-3)67(49-71)69(65)51-73)45-47-75-48-46-64(66-44-42-60(24-18-12-8-4)68(50-72)70(66)52-74)62-39-35-58(36-40-62)56-31-27-54(28-32-56)22-20-16-14-10-6-2/h41-46,53-58,61-62H,5-40,47-48H2,1-4H3/t53-,54-,55-,56-,57-,58-,61-,62-. The summed E-state index contributed by atoms with van der Waals surface area (Å²) >= 11 is 0. The van der Waals surface area contributed by atoms with Crippen molar-refractivity contribution in [1.82, 2.24) is 0 Å². The highest BCUT2D eigenvalue weighted by atomic mass is 16.5. The minimum absolute atomic E-state index is 0.319. The Balaban J connectivity index is 1.19. The predicted octanol–water partition coefficient (Wildman–Crippen LogP) is 20.1. The molecule has 0 spiro atoms. The number of hydrogen-bond acceptors (Lipinski definition) is 5. The van der Waals surface area contributed by atoms with Crippen molar-refractivity contribution in [3.05, 3.63) is 80.9 Å². The summed E-state index contributed by atoms with van der Waals surface area (Å²) in [6, 6.07) is 18.6. The maximum atomic E-state index is 10.8. The summed E-state index contributed by atoms with van der Waals surface area (Å²) in [5, 5.41) is 42.7. The monoisotopic (exact) mass is 1010 g/mol. The van der Waals surface area contributed by atoms with Crippen molar-refractivity contribution < 1.29 is 4.74 Å². The van der Waals surface area contributed by atoms with E-state index >= 15 is 0 Å². The number of nitriles is 4. The number of unbranched alkanes of at least 4 members (excludes halogenated alkanes) is 12. The quantitative estimate of drug-likeness (QED) is 0.0725. The van der Waals surface area contributed by atoms with Gasteiger partial charge in [0.1, 0.15) is 24.3 Å². The van der Waals surface area contributed by atoms with Crippen LogP contribution in [0.25, 0.3) is 11.1 Å². The van der Waals surface area contributed by atoms with Gasteiger partial charge in [-0.25, -0.2) is 0 Å². The predicted molar refractivity (Wildman–Crippen MR) is 314 cm³/mol. The molecule has 2 aromatic carbocycles. The summed E-state index contributed by atoms with van der Waals surface area (Å²) in [5.41, 5.74) is 8.37. The van der Waals surface area contributed by atoms with Gasteiger partial charge < -0.3 is 4.74 Å². The van der Waals surface area contributed by atoms with E-state index in [1.807, 2.05) is 0 Å². The Morgan fingerprint density at radius 1 is 0.400 bits per heavy atom. The molecule has 5 nitrogen and oxygen atoms in total. The van der Waals surface area contributed by atoms with Crippen LogP contribution in [0.5, 0.6) is 0 Å². The first-order chi connectivity index (χ1) is 36.9. The van der Waals surface area contributed by atoms with Gasteiger partial charge in [0.05, 0.1) is 35.5 Å². The summed E-state index contributed by atoms with van der Waals surface area (Å²) in [6.45, 7) is 9.83. The van der Waals surface area contributed by atoms with Crippen LogP contribution in [0.2, 0.25) is 0 Å². The van der Waals surface area contributed by atoms with Crippen LogP contribution in [-0.4, -0.2) is 13.2 Å². The summed E-state index contributed by atoms with van der Waals surface area (Å²) < 4.78 is 6.66. The highest BCUT2D eigenvalue weighted by Gasteiger charge is 2.35. The second-order valence-corrected chi connectivity index (χ2v) is 24.5. The van der Waals surface area contributed by atoms with Crippen molar-refractivity contribution in [2.45, 2.75) is 259 Å². The second-order valence-electron chi connectivity index (χ2n) is 24.5. The van der Waals surface area contributed by atoms with Gasteiger partial charge in [-0.05, 0) is 183 Å². The van der Waals surface area contributed by atoms with Gasteiger partial charge in [0, 0.05) is 0 Å². The number of aryl methyl sites for hydroxylation is 2. The number of ether oxygens (including phenoxy) is 1. The third kappa shape index (κ3) is 17.9. The fraction of sp³-hybridized carbons (Fsp3) is 0.714. The highest BCUT2D eigenvalue weighted by Crippen LogP contribution is 2.48. The lowest BCUT2D eigenvalue weighted by molar-refractivity contribution is 0.152. The number of rotatable bonds is 30. The maximum Gasteiger partial charge on any atom is 0.101 e. The maximum absolute atomic E-state index is 10.8. The Hall–Kier alpha value is -4.16. The van der Waals surface area contributed by atoms with Crippen molar-refractivity contribution >= 4 is 11.1 Å². The van der Waals surface area contributed by atoms with Crippen molar-refractivity contribution in [3.8, 4) is 24.3 Å². The molecule has 0 atom stereocenters. The molecule has 0 amide bonds. The van der Waals surface area contributed by atoms with Crippen molar-refractivity contribution in [1.29, 1.82) is 21.0 Å². The fourth-order valence-corrected chi connectivity index (χ4v) is 14.9. The first-order valence-electron chi connectivity index (χ1n) is 31.8. The van der Waals surface area contributed by atoms with Crippen LogP contribution < -0.4 is 0 Å². The lowest BCUT2D eigenvalue weighted by Gasteiger charge is -2.38. The van der Waals surface area contributed by atoms with E-state index in [1.165, 1.54) is 165 Å². The molecule has 0 heterocycles. The molecule has 0 aromatic heterocycles. The van der Waals surface area contributed by atoms with Gasteiger partial charge in [-0.15, -0.1) is 0 Å². The van der Waals surface area contributed by atoms with Gasteiger partial charge >= 0.3 is 0 Å². The van der Waals surface area contributed by atoms with Crippen LogP contribution in [0.1, 0.15) is 291 Å². The third-order valence-corrected chi connectivity index (χ3v) is 19.6. The lowest BCUT2D eigenvalue weighted by atomic mass is 9.67. The van der Waals surface area contributed by atoms with Crippen LogP contribution >= 0.6 is 0 Å². The topological polar surface area (TPSA) is 104 Å². The molecule has 5 heteroatoms. The van der Waals surface area contributed by atoms with Gasteiger partial charge in [-0.1, -0.05) is 193 Å². The molecule has 2 aromatic rings. The molecule has 0 radical (unpaired) electrons. The largest absolute Gasteiger partial charge is 0.373 e. The lowest BCUT2D eigenvalue weighted by Crippen LogP contribution is -2.26. The normalized spacial score (nSPS) is 24.5. The zero-order valence-electron chi connectivity index (χ0n) is 48.2. The molecule has 0 saturated heterocycles. The minimum Gasteiger partial charge on any atom is -0.373 e. The van der Waals surface area contributed by atoms with Crippen LogP contribution in [0.4, 0.5) is 0 Å². The molecule has 6 rings (SSSR count). The fourth-order valence-electron chi connectivity index (χ4n) is 14.9. The van der Waals surface area contributed by atoms with E-state index in [2.05, 4.69) is 88.4 Å². The van der Waals surface area contributed by atoms with E-state index in [0.717, 1.165) is 135 Å². The molecular formula is C70H102N4O. The van der Waals surface area contributed by atoms with Crippen LogP contribution in [0.15, 0.2) is 36.4 Å². The first kappa shape index (κ1) is 60.1. The van der Waals surface area contributed by atoms with E-state index < -0.39 is 0 Å². The molecule has 0 bridgehead atoms. The van der Waals surface area contributed by atoms with Crippen LogP contribution in [-0.2, 0) is 17.6 Å². The Bertz CT molecular complexity index is 2070. The molecule has 0 unspecified atom stereocenters. The number of nitrogens with zero attached hydrogens (tertiary/aromatic N) is 4. The highest BCUT2D eigenvalue weighted by molar-refractivity contribution is 5.77. The summed E-state index contributed by atoms with van der Waals surface area (Å²) in [6.07, 6.45) is 49.9. The van der Waals surface area contributed by atoms with E-state index in [0.29, 0.717) is 47.3 Å². The van der Waals surface area contributed by atoms with E-state index in [-0.39, 0.29) is 0 Å². The molecular weight excluding hydrogens is 913 g/mol. The number of hydrogen-bond donors (Lipinski definition) is 0. The summed E-state index contributed by atoms with van der Waals surface area (Å²) in [5.74, 6) is 5.74. The van der Waals surface area contributed by atoms with E-state index in [9.17, 15) is 21.0 Å². The zero-order valence-corrected chi connectivity index (χ0v) is 48.2. The minimum atomic E-state index is 0.319. The van der Waals surface area contributed by atoms with E-state index in [1.54, 1.807) is 0 Å². The molecule has 408 valence electrons. The second kappa shape index (κ2) is 33.9. The van der Waals surface area contributed by atoms with Gasteiger partial charge in [-0.2, -0.15) is 21.0 Å². The Morgan fingerprint density at radius 2 is 0.720 bits per heavy atom. The molecule has 4 fully saturated rings. The molecule has 4 aliphatic rings. The Kier molecular flexibility index (Phi) is 27.1. The number of allylic oxidation sites excluding steroid dienone is 2. The van der Waals surface area contributed by atoms with Crippen molar-refractivity contribution in [2.75, 3.05) is 13.2 Å². The third-order valence-electron chi connectivity index (χ3n) is 19.6. The summed E-state index contributed by atoms with van der Waals surface area (Å²) in [4.78, 5) is 0. The smallest absolute Gasteiger partial charge is 0.101 e.